The maximum atomic E-state index is 10.3. The van der Waals surface area contributed by atoms with Crippen LogP contribution in [0.4, 0.5) is 5.82 Å². The van der Waals surface area contributed by atoms with Crippen molar-refractivity contribution in [2.75, 3.05) is 0 Å². The molecule has 11 heavy (non-hydrogen) atoms. The summed E-state index contributed by atoms with van der Waals surface area (Å²) in [6, 6.07) is 0. The molecule has 0 bridgehead atoms. The van der Waals surface area contributed by atoms with Gasteiger partial charge in [0.05, 0.1) is 5.33 Å². The Morgan fingerprint density at radius 3 is 2.64 bits per heavy atom. The van der Waals surface area contributed by atoms with Crippen molar-refractivity contribution in [1.29, 1.82) is 0 Å². The molecule has 0 saturated heterocycles. The first-order valence-electron chi connectivity index (χ1n) is 2.50. The molecule has 0 aliphatic carbocycles. The van der Waals surface area contributed by atoms with Crippen LogP contribution in [0.3, 0.4) is 0 Å². The molecule has 0 aromatic carbocycles. The Morgan fingerprint density at radius 2 is 2.36 bits per heavy atom. The molecule has 1 aromatic heterocycles. The van der Waals surface area contributed by atoms with Gasteiger partial charge in [0.25, 0.3) is 0 Å². The molecule has 0 aliphatic rings. The van der Waals surface area contributed by atoms with Crippen LogP contribution in [0.15, 0.2) is 3.79 Å². The quantitative estimate of drug-likeness (QED) is 0.479. The fourth-order valence-electron chi connectivity index (χ4n) is 0.504. The van der Waals surface area contributed by atoms with Gasteiger partial charge >= 0.3 is 5.82 Å². The number of halogens is 2. The first-order chi connectivity index (χ1) is 5.15. The highest BCUT2D eigenvalue weighted by Crippen LogP contribution is 2.31. The summed E-state index contributed by atoms with van der Waals surface area (Å²) in [4.78, 5) is 13.5. The molecular formula is C4H2Br2N2O2S. The van der Waals surface area contributed by atoms with Crippen LogP contribution in [0.5, 0.6) is 0 Å². The van der Waals surface area contributed by atoms with Gasteiger partial charge in [0, 0.05) is 0 Å². The van der Waals surface area contributed by atoms with E-state index in [-0.39, 0.29) is 5.82 Å². The molecule has 0 N–H and O–H groups in total. The number of nitro groups is 1. The molecule has 1 rings (SSSR count). The zero-order valence-electron chi connectivity index (χ0n) is 5.08. The molecule has 0 radical (unpaired) electrons. The Bertz CT molecular complexity index is 288. The summed E-state index contributed by atoms with van der Waals surface area (Å²) in [6.07, 6.45) is 0. The number of nitrogens with zero attached hydrogens (tertiary/aromatic N) is 2. The minimum atomic E-state index is -0.507. The van der Waals surface area contributed by atoms with Gasteiger partial charge in [-0.25, -0.2) is 0 Å². The number of hydrogen-bond acceptors (Lipinski definition) is 4. The molecule has 0 aliphatic heterocycles. The highest BCUT2D eigenvalue weighted by atomic mass is 79.9. The van der Waals surface area contributed by atoms with E-state index in [4.69, 9.17) is 0 Å². The van der Waals surface area contributed by atoms with Crippen LogP contribution in [0.1, 0.15) is 5.01 Å². The summed E-state index contributed by atoms with van der Waals surface area (Å²) in [7, 11) is 0. The Kier molecular flexibility index (Phi) is 2.97. The van der Waals surface area contributed by atoms with Crippen molar-refractivity contribution in [3.8, 4) is 0 Å². The van der Waals surface area contributed by atoms with Gasteiger partial charge in [0.15, 0.2) is 3.79 Å². The van der Waals surface area contributed by atoms with Crippen molar-refractivity contribution in [1.82, 2.24) is 4.98 Å². The van der Waals surface area contributed by atoms with E-state index in [9.17, 15) is 10.1 Å². The molecule has 0 atom stereocenters. The first-order valence-corrected chi connectivity index (χ1v) is 5.23. The summed E-state index contributed by atoms with van der Waals surface area (Å²) in [5.41, 5.74) is 0. The van der Waals surface area contributed by atoms with E-state index in [1.165, 1.54) is 11.3 Å². The van der Waals surface area contributed by atoms with Gasteiger partial charge < -0.3 is 10.1 Å². The van der Waals surface area contributed by atoms with Crippen LogP contribution in [0, 0.1) is 10.1 Å². The van der Waals surface area contributed by atoms with Crippen molar-refractivity contribution in [3.63, 3.8) is 0 Å². The monoisotopic (exact) mass is 300 g/mol. The van der Waals surface area contributed by atoms with Crippen molar-refractivity contribution in [3.05, 3.63) is 18.9 Å². The molecule has 0 spiro atoms. The van der Waals surface area contributed by atoms with Crippen LogP contribution >= 0.6 is 43.2 Å². The second-order valence-corrected chi connectivity index (χ2v) is 4.56. The molecule has 4 nitrogen and oxygen atoms in total. The molecule has 0 saturated carbocycles. The lowest BCUT2D eigenvalue weighted by Gasteiger charge is -1.84. The topological polar surface area (TPSA) is 56.0 Å². The summed E-state index contributed by atoms with van der Waals surface area (Å²) in [5, 5.41) is 11.5. The highest BCUT2D eigenvalue weighted by Gasteiger charge is 2.19. The van der Waals surface area contributed by atoms with Crippen molar-refractivity contribution >= 4 is 49.0 Å². The molecule has 60 valence electrons. The van der Waals surface area contributed by atoms with Gasteiger partial charge in [-0.05, 0) is 25.8 Å². The van der Waals surface area contributed by atoms with Crippen LogP contribution in [-0.4, -0.2) is 9.91 Å². The average molecular weight is 302 g/mol. The summed E-state index contributed by atoms with van der Waals surface area (Å²) in [5.74, 6) is -0.107. The maximum Gasteiger partial charge on any atom is 0.389 e. The molecule has 7 heteroatoms. The SMILES string of the molecule is O=[N+]([O-])c1nc(CBr)sc1Br. The standard InChI is InChI=1S/C4H2Br2N2O2S/c5-1-2-7-4(8(9)10)3(6)11-2/h1H2. The van der Waals surface area contributed by atoms with E-state index in [2.05, 4.69) is 36.8 Å². The highest BCUT2D eigenvalue weighted by molar-refractivity contribution is 9.11. The van der Waals surface area contributed by atoms with Gasteiger partial charge in [-0.2, -0.15) is 0 Å². The van der Waals surface area contributed by atoms with Gasteiger partial charge in [0.1, 0.15) is 0 Å². The van der Waals surface area contributed by atoms with Gasteiger partial charge in [-0.1, -0.05) is 27.3 Å². The Balaban J connectivity index is 3.07. The second-order valence-electron chi connectivity index (χ2n) is 1.60. The number of thiazole rings is 1. The number of aromatic nitrogens is 1. The minimum absolute atomic E-state index is 0.107. The number of rotatable bonds is 2. The van der Waals surface area contributed by atoms with Crippen molar-refractivity contribution in [2.45, 2.75) is 5.33 Å². The third kappa shape index (κ3) is 1.97. The molecular weight excluding hydrogens is 300 g/mol. The Labute approximate surface area is 83.0 Å². The zero-order valence-corrected chi connectivity index (χ0v) is 9.07. The normalized spacial score (nSPS) is 10.0. The van der Waals surface area contributed by atoms with Crippen LogP contribution in [0.25, 0.3) is 0 Å². The summed E-state index contributed by atoms with van der Waals surface area (Å²) >= 11 is 7.47. The second kappa shape index (κ2) is 3.59. The van der Waals surface area contributed by atoms with Gasteiger partial charge in [-0.15, -0.1) is 0 Å². The molecule has 0 unspecified atom stereocenters. The van der Waals surface area contributed by atoms with Gasteiger partial charge in [-0.3, -0.25) is 0 Å². The van der Waals surface area contributed by atoms with Crippen LogP contribution < -0.4 is 0 Å². The van der Waals surface area contributed by atoms with E-state index in [1.807, 2.05) is 0 Å². The number of alkyl halides is 1. The average Bonchev–Trinajstić information content (AvgIpc) is 2.30. The van der Waals surface area contributed by atoms with Crippen LogP contribution in [-0.2, 0) is 5.33 Å². The Hall–Kier alpha value is -0.0100. The van der Waals surface area contributed by atoms with E-state index < -0.39 is 4.92 Å². The zero-order chi connectivity index (χ0) is 8.43. The lowest BCUT2D eigenvalue weighted by atomic mass is 10.8. The van der Waals surface area contributed by atoms with E-state index >= 15 is 0 Å². The first kappa shape index (κ1) is 9.08. The van der Waals surface area contributed by atoms with Gasteiger partial charge in [0.2, 0.25) is 5.01 Å². The molecule has 0 fully saturated rings. The molecule has 0 amide bonds. The Morgan fingerprint density at radius 1 is 1.73 bits per heavy atom. The van der Waals surface area contributed by atoms with E-state index in [1.54, 1.807) is 0 Å². The van der Waals surface area contributed by atoms with Crippen LogP contribution in [0.2, 0.25) is 0 Å². The van der Waals surface area contributed by atoms with E-state index in [0.29, 0.717) is 14.1 Å². The third-order valence-electron chi connectivity index (χ3n) is 0.901. The summed E-state index contributed by atoms with van der Waals surface area (Å²) < 4.78 is 0.469. The lowest BCUT2D eigenvalue weighted by molar-refractivity contribution is -0.389. The summed E-state index contributed by atoms with van der Waals surface area (Å²) in [6.45, 7) is 0. The molecule has 1 aromatic rings. The smallest absolute Gasteiger partial charge is 0.358 e. The third-order valence-corrected chi connectivity index (χ3v) is 3.48. The van der Waals surface area contributed by atoms with E-state index in [0.717, 1.165) is 0 Å². The van der Waals surface area contributed by atoms with Crippen molar-refractivity contribution < 1.29 is 4.92 Å². The fraction of sp³-hybridized carbons (Fsp3) is 0.250. The largest absolute Gasteiger partial charge is 0.389 e. The van der Waals surface area contributed by atoms with Crippen molar-refractivity contribution in [2.24, 2.45) is 0 Å². The lowest BCUT2D eigenvalue weighted by Crippen LogP contribution is -1.88. The fourth-order valence-corrected chi connectivity index (χ4v) is 2.37. The number of hydrogen-bond donors (Lipinski definition) is 0. The maximum absolute atomic E-state index is 10.3. The molecule has 1 heterocycles. The predicted molar refractivity (Wildman–Crippen MR) is 49.1 cm³/mol. The predicted octanol–water partition coefficient (Wildman–Crippen LogP) is 2.71. The minimum Gasteiger partial charge on any atom is -0.358 e.